The quantitative estimate of drug-likeness (QED) is 0.523. The van der Waals surface area contributed by atoms with Crippen LogP contribution in [-0.4, -0.2) is 40.7 Å². The van der Waals surface area contributed by atoms with Crippen LogP contribution in [-0.2, 0) is 27.3 Å². The molecule has 9 heteroatoms. The summed E-state index contributed by atoms with van der Waals surface area (Å²) in [6.07, 6.45) is -0.274. The first-order valence-electron chi connectivity index (χ1n) is 10.3. The number of nitrogens with one attached hydrogen (secondary N) is 1. The molecule has 3 atom stereocenters. The van der Waals surface area contributed by atoms with Crippen LogP contribution in [0.15, 0.2) is 42.5 Å². The molecule has 0 spiro atoms. The molecule has 2 fully saturated rings. The zero-order valence-electron chi connectivity index (χ0n) is 17.3. The number of cyclic esters (lactones) is 1. The average molecular weight is 461 g/mol. The lowest BCUT2D eigenvalue weighted by Gasteiger charge is -2.35. The topological polar surface area (TPSA) is 75.7 Å². The van der Waals surface area contributed by atoms with E-state index >= 15 is 0 Å². The van der Waals surface area contributed by atoms with Crippen LogP contribution in [0, 0.1) is 11.6 Å². The SMILES string of the molecule is C[C@H]1C(=O)C(=O)[C@@H](c2ccccc2)SN1Cc1cc(F)c(CCC2CNC(=O)O2)cc1F. The van der Waals surface area contributed by atoms with E-state index in [0.29, 0.717) is 18.5 Å². The maximum Gasteiger partial charge on any atom is 0.407 e. The van der Waals surface area contributed by atoms with Crippen molar-refractivity contribution in [2.24, 2.45) is 0 Å². The smallest absolute Gasteiger partial charge is 0.407 e. The minimum atomic E-state index is -0.751. The monoisotopic (exact) mass is 460 g/mol. The fraction of sp³-hybridized carbons (Fsp3) is 0.348. The summed E-state index contributed by atoms with van der Waals surface area (Å²) in [7, 11) is 0. The lowest BCUT2D eigenvalue weighted by Crippen LogP contribution is -2.45. The maximum absolute atomic E-state index is 14.8. The second-order valence-corrected chi connectivity index (χ2v) is 9.01. The lowest BCUT2D eigenvalue weighted by molar-refractivity contribution is -0.139. The number of alkyl carbamates (subject to hydrolysis) is 1. The highest BCUT2D eigenvalue weighted by molar-refractivity contribution is 7.98. The van der Waals surface area contributed by atoms with Crippen molar-refractivity contribution in [2.45, 2.75) is 43.7 Å². The van der Waals surface area contributed by atoms with E-state index in [-0.39, 0.29) is 30.2 Å². The molecule has 0 radical (unpaired) electrons. The Labute approximate surface area is 188 Å². The van der Waals surface area contributed by atoms with Gasteiger partial charge in [-0.3, -0.25) is 9.59 Å². The van der Waals surface area contributed by atoms with E-state index in [0.717, 1.165) is 24.1 Å². The fourth-order valence-electron chi connectivity index (χ4n) is 3.77. The van der Waals surface area contributed by atoms with Gasteiger partial charge in [0.2, 0.25) is 11.6 Å². The Hall–Kier alpha value is -2.78. The molecule has 6 nitrogen and oxygen atoms in total. The first-order chi connectivity index (χ1) is 15.3. The number of Topliss-reactive ketones (excluding diaryl/α,β-unsaturated/α-hetero) is 2. The average Bonchev–Trinajstić information content (AvgIpc) is 3.21. The van der Waals surface area contributed by atoms with Gasteiger partial charge >= 0.3 is 6.09 Å². The van der Waals surface area contributed by atoms with Gasteiger partial charge in [0.1, 0.15) is 23.0 Å². The molecular formula is C23H22F2N2O4S. The summed E-state index contributed by atoms with van der Waals surface area (Å²) in [6, 6.07) is 10.5. The number of benzene rings is 2. The van der Waals surface area contributed by atoms with Crippen LogP contribution in [0.2, 0.25) is 0 Å². The van der Waals surface area contributed by atoms with Crippen LogP contribution < -0.4 is 5.32 Å². The Balaban J connectivity index is 1.48. The number of rotatable bonds is 6. The van der Waals surface area contributed by atoms with Gasteiger partial charge in [0.15, 0.2) is 0 Å². The van der Waals surface area contributed by atoms with E-state index in [1.165, 1.54) is 0 Å². The number of ketones is 2. The van der Waals surface area contributed by atoms with Gasteiger partial charge in [0.05, 0.1) is 12.6 Å². The van der Waals surface area contributed by atoms with Gasteiger partial charge < -0.3 is 10.1 Å². The third-order valence-electron chi connectivity index (χ3n) is 5.66. The van der Waals surface area contributed by atoms with Crippen LogP contribution in [0.5, 0.6) is 0 Å². The van der Waals surface area contributed by atoms with Gasteiger partial charge in [-0.05, 0) is 43.0 Å². The highest BCUT2D eigenvalue weighted by atomic mass is 32.2. The molecule has 0 saturated carbocycles. The van der Waals surface area contributed by atoms with Gasteiger partial charge in [0, 0.05) is 12.1 Å². The van der Waals surface area contributed by atoms with Crippen LogP contribution in [0.4, 0.5) is 13.6 Å². The van der Waals surface area contributed by atoms with E-state index in [4.69, 9.17) is 4.74 Å². The highest BCUT2D eigenvalue weighted by Gasteiger charge is 2.41. The van der Waals surface area contributed by atoms with Gasteiger partial charge in [0.25, 0.3) is 0 Å². The van der Waals surface area contributed by atoms with Crippen molar-refractivity contribution in [1.82, 2.24) is 9.62 Å². The van der Waals surface area contributed by atoms with Crippen molar-refractivity contribution >= 4 is 29.6 Å². The summed E-state index contributed by atoms with van der Waals surface area (Å²) in [4.78, 5) is 36.2. The number of hydrogen-bond donors (Lipinski definition) is 1. The van der Waals surface area contributed by atoms with Crippen molar-refractivity contribution < 1.29 is 27.9 Å². The molecule has 0 bridgehead atoms. The summed E-state index contributed by atoms with van der Waals surface area (Å²) < 4.78 is 36.1. The van der Waals surface area contributed by atoms with E-state index < -0.39 is 40.6 Å². The number of aryl methyl sites for hydroxylation is 1. The Morgan fingerprint density at radius 1 is 1.06 bits per heavy atom. The molecule has 4 rings (SSSR count). The minimum absolute atomic E-state index is 0.0264. The molecule has 2 heterocycles. The zero-order chi connectivity index (χ0) is 22.8. The van der Waals surface area contributed by atoms with Crippen LogP contribution in [0.1, 0.15) is 35.3 Å². The normalized spacial score (nSPS) is 23.8. The predicted molar refractivity (Wildman–Crippen MR) is 115 cm³/mol. The van der Waals surface area contributed by atoms with Crippen molar-refractivity contribution in [3.63, 3.8) is 0 Å². The number of amides is 1. The largest absolute Gasteiger partial charge is 0.444 e. The molecular weight excluding hydrogens is 438 g/mol. The summed E-state index contributed by atoms with van der Waals surface area (Å²) in [5.74, 6) is -2.18. The molecule has 1 N–H and O–H groups in total. The Bertz CT molecular complexity index is 1050. The summed E-state index contributed by atoms with van der Waals surface area (Å²) in [6.45, 7) is 1.91. The maximum atomic E-state index is 14.8. The molecule has 168 valence electrons. The molecule has 1 amide bonds. The van der Waals surface area contributed by atoms with Crippen LogP contribution in [0.3, 0.4) is 0 Å². The molecule has 2 aliphatic rings. The van der Waals surface area contributed by atoms with E-state index in [9.17, 15) is 23.2 Å². The first-order valence-corrected chi connectivity index (χ1v) is 11.1. The molecule has 2 aromatic rings. The van der Waals surface area contributed by atoms with Gasteiger partial charge in [-0.15, -0.1) is 0 Å². The molecule has 1 unspecified atom stereocenters. The molecule has 2 saturated heterocycles. The fourth-order valence-corrected chi connectivity index (χ4v) is 5.03. The molecule has 0 aromatic heterocycles. The van der Waals surface area contributed by atoms with E-state index in [1.54, 1.807) is 35.5 Å². The third kappa shape index (κ3) is 4.68. The van der Waals surface area contributed by atoms with Gasteiger partial charge in [-0.25, -0.2) is 17.9 Å². The second-order valence-electron chi connectivity index (χ2n) is 7.86. The van der Waals surface area contributed by atoms with Gasteiger partial charge in [-0.2, -0.15) is 0 Å². The summed E-state index contributed by atoms with van der Waals surface area (Å²) in [5.41, 5.74) is 0.993. The number of ether oxygens (including phenoxy) is 1. The molecule has 32 heavy (non-hydrogen) atoms. The van der Waals surface area contributed by atoms with Crippen molar-refractivity contribution in [2.75, 3.05) is 6.54 Å². The lowest BCUT2D eigenvalue weighted by atomic mass is 10.0. The van der Waals surface area contributed by atoms with Crippen LogP contribution >= 0.6 is 11.9 Å². The second kappa shape index (κ2) is 9.38. The molecule has 0 aliphatic carbocycles. The molecule has 2 aromatic carbocycles. The van der Waals surface area contributed by atoms with Crippen molar-refractivity contribution in [1.29, 1.82) is 0 Å². The number of nitrogens with zero attached hydrogens (tertiary/aromatic N) is 1. The highest BCUT2D eigenvalue weighted by Crippen LogP contribution is 2.40. The first kappa shape index (κ1) is 22.4. The van der Waals surface area contributed by atoms with E-state index in [2.05, 4.69) is 5.32 Å². The van der Waals surface area contributed by atoms with E-state index in [1.807, 2.05) is 6.07 Å². The number of halogens is 2. The number of carbonyl (C=O) groups is 3. The number of carbonyl (C=O) groups excluding carboxylic acids is 3. The Morgan fingerprint density at radius 2 is 1.75 bits per heavy atom. The van der Waals surface area contributed by atoms with Crippen molar-refractivity contribution in [3.05, 3.63) is 70.8 Å². The molecule has 2 aliphatic heterocycles. The zero-order valence-corrected chi connectivity index (χ0v) is 18.2. The van der Waals surface area contributed by atoms with Crippen LogP contribution in [0.25, 0.3) is 0 Å². The standard InChI is InChI=1S/C23H22F2N2O4S/c1-13-20(28)21(29)22(14-5-3-2-4-6-14)32-27(13)12-16-10-18(24)15(9-19(16)25)7-8-17-11-26-23(30)31-17/h2-6,9-10,13,17,22H,7-8,11-12H2,1H3,(H,26,30)/t13-,17?,22+/m0/s1. The Morgan fingerprint density at radius 3 is 2.44 bits per heavy atom. The third-order valence-corrected chi connectivity index (χ3v) is 7.07. The summed E-state index contributed by atoms with van der Waals surface area (Å²) in [5, 5.41) is 1.81. The summed E-state index contributed by atoms with van der Waals surface area (Å²) >= 11 is 1.16. The van der Waals surface area contributed by atoms with Crippen molar-refractivity contribution in [3.8, 4) is 0 Å². The van der Waals surface area contributed by atoms with Gasteiger partial charge in [-0.1, -0.05) is 42.3 Å². The Kier molecular flexibility index (Phi) is 6.57. The predicted octanol–water partition coefficient (Wildman–Crippen LogP) is 3.74. The minimum Gasteiger partial charge on any atom is -0.444 e. The number of hydrogen-bond acceptors (Lipinski definition) is 6.